The Morgan fingerprint density at radius 2 is 1.94 bits per heavy atom. The van der Waals surface area contributed by atoms with E-state index in [4.69, 9.17) is 19.6 Å². The largest absolute Gasteiger partial charge is 0.490 e. The lowest BCUT2D eigenvalue weighted by Crippen LogP contribution is -2.28. The number of primary amides is 1. The standard InChI is InChI=1S/C25H23N3O5S/c1-2-31-21-13-17(10-11-20(21)33-16-23(26)29)14-22-24(30)28(15-19-9-6-12-32-19)25(34-22)27-18-7-4-3-5-8-18/h3-14H,2,15-16H2,1H3,(H2,26,29)/b22-14-,27-25?. The highest BCUT2D eigenvalue weighted by atomic mass is 32.2. The molecule has 1 saturated heterocycles. The minimum Gasteiger partial charge on any atom is -0.490 e. The van der Waals surface area contributed by atoms with Crippen LogP contribution in [-0.4, -0.2) is 35.1 Å². The van der Waals surface area contributed by atoms with Crippen molar-refractivity contribution in [1.82, 2.24) is 4.90 Å². The van der Waals surface area contributed by atoms with Crippen LogP contribution in [0.15, 0.2) is 81.2 Å². The minimum atomic E-state index is -0.580. The van der Waals surface area contributed by atoms with E-state index in [1.165, 1.54) is 11.8 Å². The highest BCUT2D eigenvalue weighted by molar-refractivity contribution is 8.18. The van der Waals surface area contributed by atoms with Gasteiger partial charge in [-0.1, -0.05) is 24.3 Å². The fraction of sp³-hybridized carbons (Fsp3) is 0.160. The third-order valence-electron chi connectivity index (χ3n) is 4.70. The van der Waals surface area contributed by atoms with Crippen molar-refractivity contribution in [2.75, 3.05) is 13.2 Å². The van der Waals surface area contributed by atoms with Gasteiger partial charge in [-0.15, -0.1) is 0 Å². The van der Waals surface area contributed by atoms with Crippen LogP contribution in [0.4, 0.5) is 5.69 Å². The average molecular weight is 478 g/mol. The first-order valence-corrected chi connectivity index (χ1v) is 11.4. The summed E-state index contributed by atoms with van der Waals surface area (Å²) in [7, 11) is 0. The van der Waals surface area contributed by atoms with Crippen molar-refractivity contribution < 1.29 is 23.5 Å². The molecular formula is C25H23N3O5S. The van der Waals surface area contributed by atoms with Crippen molar-refractivity contribution in [3.05, 3.63) is 83.2 Å². The van der Waals surface area contributed by atoms with Gasteiger partial charge in [0.05, 0.1) is 30.0 Å². The molecule has 0 atom stereocenters. The van der Waals surface area contributed by atoms with Gasteiger partial charge < -0.3 is 19.6 Å². The predicted octanol–water partition coefficient (Wildman–Crippen LogP) is 4.35. The number of nitrogens with two attached hydrogens (primary N) is 1. The maximum atomic E-state index is 13.3. The summed E-state index contributed by atoms with van der Waals surface area (Å²) in [6.45, 7) is 2.27. The number of para-hydroxylation sites is 1. The van der Waals surface area contributed by atoms with Gasteiger partial charge in [-0.3, -0.25) is 14.5 Å². The van der Waals surface area contributed by atoms with Gasteiger partial charge in [-0.25, -0.2) is 4.99 Å². The number of amidine groups is 1. The second kappa shape index (κ2) is 10.8. The number of benzene rings is 2. The van der Waals surface area contributed by atoms with Crippen LogP contribution in [-0.2, 0) is 16.1 Å². The molecule has 2 amide bonds. The van der Waals surface area contributed by atoms with Gasteiger partial charge in [-0.2, -0.15) is 0 Å². The summed E-state index contributed by atoms with van der Waals surface area (Å²) in [5.74, 6) is 0.759. The van der Waals surface area contributed by atoms with E-state index < -0.39 is 5.91 Å². The molecule has 4 rings (SSSR count). The van der Waals surface area contributed by atoms with E-state index in [1.807, 2.05) is 43.3 Å². The Balaban J connectivity index is 1.64. The van der Waals surface area contributed by atoms with E-state index in [0.717, 1.165) is 11.3 Å². The topological polar surface area (TPSA) is 107 Å². The molecule has 0 saturated carbocycles. The summed E-state index contributed by atoms with van der Waals surface area (Å²) in [6, 6.07) is 18.3. The van der Waals surface area contributed by atoms with E-state index in [1.54, 1.807) is 41.5 Å². The minimum absolute atomic E-state index is 0.178. The third kappa shape index (κ3) is 5.68. The summed E-state index contributed by atoms with van der Waals surface area (Å²) < 4.78 is 16.5. The Kier molecular flexibility index (Phi) is 7.34. The second-order valence-electron chi connectivity index (χ2n) is 7.21. The second-order valence-corrected chi connectivity index (χ2v) is 8.21. The number of nitrogens with zero attached hydrogens (tertiary/aromatic N) is 2. The zero-order valence-electron chi connectivity index (χ0n) is 18.5. The molecule has 0 radical (unpaired) electrons. The van der Waals surface area contributed by atoms with E-state index in [9.17, 15) is 9.59 Å². The number of carbonyl (C=O) groups is 2. The van der Waals surface area contributed by atoms with Gasteiger partial charge in [0.2, 0.25) is 0 Å². The van der Waals surface area contributed by atoms with Crippen LogP contribution in [0.1, 0.15) is 18.2 Å². The molecule has 2 aromatic carbocycles. The maximum Gasteiger partial charge on any atom is 0.267 e. The van der Waals surface area contributed by atoms with Crippen LogP contribution >= 0.6 is 11.8 Å². The summed E-state index contributed by atoms with van der Waals surface area (Å²) in [6.07, 6.45) is 3.35. The highest BCUT2D eigenvalue weighted by Gasteiger charge is 2.34. The lowest BCUT2D eigenvalue weighted by Gasteiger charge is -2.13. The van der Waals surface area contributed by atoms with Crippen molar-refractivity contribution in [3.63, 3.8) is 0 Å². The number of hydrogen-bond donors (Lipinski definition) is 1. The first-order valence-electron chi connectivity index (χ1n) is 10.6. The number of hydrogen-bond acceptors (Lipinski definition) is 7. The normalized spacial score (nSPS) is 15.8. The van der Waals surface area contributed by atoms with E-state index in [2.05, 4.69) is 4.99 Å². The Labute approximate surface area is 201 Å². The summed E-state index contributed by atoms with van der Waals surface area (Å²) >= 11 is 1.29. The van der Waals surface area contributed by atoms with Crippen molar-refractivity contribution in [2.24, 2.45) is 10.7 Å². The predicted molar refractivity (Wildman–Crippen MR) is 131 cm³/mol. The number of carbonyl (C=O) groups excluding carboxylic acids is 2. The Hall–Kier alpha value is -3.98. The molecule has 9 heteroatoms. The number of ether oxygens (including phenoxy) is 2. The molecule has 34 heavy (non-hydrogen) atoms. The molecule has 1 aliphatic rings. The fourth-order valence-electron chi connectivity index (χ4n) is 3.20. The monoisotopic (exact) mass is 477 g/mol. The van der Waals surface area contributed by atoms with Crippen molar-refractivity contribution in [2.45, 2.75) is 13.5 Å². The van der Waals surface area contributed by atoms with Crippen molar-refractivity contribution in [1.29, 1.82) is 0 Å². The molecule has 174 valence electrons. The number of aliphatic imine (C=N–C) groups is 1. The molecular weight excluding hydrogens is 454 g/mol. The van der Waals surface area contributed by atoms with Crippen LogP contribution in [0.25, 0.3) is 6.08 Å². The summed E-state index contributed by atoms with van der Waals surface area (Å²) in [4.78, 5) is 31.1. The Morgan fingerprint density at radius 3 is 2.65 bits per heavy atom. The average Bonchev–Trinajstić information content (AvgIpc) is 3.44. The smallest absolute Gasteiger partial charge is 0.267 e. The van der Waals surface area contributed by atoms with Gasteiger partial charge >= 0.3 is 0 Å². The summed E-state index contributed by atoms with van der Waals surface area (Å²) in [5.41, 5.74) is 6.66. The van der Waals surface area contributed by atoms with Gasteiger partial charge in [0.15, 0.2) is 23.3 Å². The lowest BCUT2D eigenvalue weighted by atomic mass is 10.2. The number of furan rings is 1. The van der Waals surface area contributed by atoms with Crippen molar-refractivity contribution in [3.8, 4) is 11.5 Å². The molecule has 0 aliphatic carbocycles. The molecule has 2 N–H and O–H groups in total. The molecule has 2 heterocycles. The zero-order valence-corrected chi connectivity index (χ0v) is 19.3. The van der Waals surface area contributed by atoms with E-state index >= 15 is 0 Å². The van der Waals surface area contributed by atoms with Crippen LogP contribution in [0.2, 0.25) is 0 Å². The van der Waals surface area contributed by atoms with Gasteiger partial charge in [0.25, 0.3) is 11.8 Å². The van der Waals surface area contributed by atoms with Crippen LogP contribution in [0.3, 0.4) is 0 Å². The highest BCUT2D eigenvalue weighted by Crippen LogP contribution is 2.36. The van der Waals surface area contributed by atoms with Crippen LogP contribution in [0, 0.1) is 0 Å². The van der Waals surface area contributed by atoms with Crippen LogP contribution < -0.4 is 15.2 Å². The molecule has 1 fully saturated rings. The molecule has 1 aromatic heterocycles. The number of rotatable bonds is 9. The molecule has 0 unspecified atom stereocenters. The molecule has 3 aromatic rings. The SMILES string of the molecule is CCOc1cc(/C=C2\SC(=Nc3ccccc3)N(Cc3ccco3)C2=O)ccc1OCC(N)=O. The lowest BCUT2D eigenvalue weighted by molar-refractivity contribution is -0.123. The van der Waals surface area contributed by atoms with E-state index in [0.29, 0.717) is 33.9 Å². The van der Waals surface area contributed by atoms with Gasteiger partial charge in [0.1, 0.15) is 5.76 Å². The first kappa shape index (κ1) is 23.2. The Bertz CT molecular complexity index is 1220. The number of thioether (sulfide) groups is 1. The molecule has 0 bridgehead atoms. The molecule has 8 nitrogen and oxygen atoms in total. The van der Waals surface area contributed by atoms with Crippen molar-refractivity contribution >= 4 is 40.5 Å². The van der Waals surface area contributed by atoms with Gasteiger partial charge in [0, 0.05) is 0 Å². The quantitative estimate of drug-likeness (QED) is 0.459. The Morgan fingerprint density at radius 1 is 1.12 bits per heavy atom. The molecule has 1 aliphatic heterocycles. The maximum absolute atomic E-state index is 13.3. The zero-order chi connectivity index (χ0) is 23.9. The fourth-order valence-corrected chi connectivity index (χ4v) is 4.20. The van der Waals surface area contributed by atoms with Crippen LogP contribution in [0.5, 0.6) is 11.5 Å². The number of amides is 2. The van der Waals surface area contributed by atoms with E-state index in [-0.39, 0.29) is 19.1 Å². The van der Waals surface area contributed by atoms with Gasteiger partial charge in [-0.05, 0) is 66.7 Å². The summed E-state index contributed by atoms with van der Waals surface area (Å²) in [5, 5.41) is 0.560. The third-order valence-corrected chi connectivity index (χ3v) is 5.71. The first-order chi connectivity index (χ1) is 16.5. The molecule has 0 spiro atoms.